The van der Waals surface area contributed by atoms with Crippen molar-refractivity contribution in [1.29, 1.82) is 0 Å². The first-order valence-corrected chi connectivity index (χ1v) is 6.30. The van der Waals surface area contributed by atoms with Crippen LogP contribution in [0.2, 0.25) is 0 Å². The first-order valence-electron chi connectivity index (χ1n) is 5.15. The molecule has 4 heteroatoms. The molecule has 1 heterocycles. The van der Waals surface area contributed by atoms with Crippen molar-refractivity contribution in [2.45, 2.75) is 26.3 Å². The molecule has 0 spiro atoms. The second-order valence-electron chi connectivity index (χ2n) is 4.20. The molecule has 0 amide bonds. The van der Waals surface area contributed by atoms with Crippen molar-refractivity contribution in [2.24, 2.45) is 11.8 Å². The van der Waals surface area contributed by atoms with E-state index < -0.39 is 5.97 Å². The predicted octanol–water partition coefficient (Wildman–Crippen LogP) is 1.44. The highest BCUT2D eigenvalue weighted by atomic mass is 32.2. The molecule has 0 bridgehead atoms. The number of aliphatic carboxylic acids is 1. The lowest BCUT2D eigenvalue weighted by atomic mass is 10.0. The van der Waals surface area contributed by atoms with Crippen molar-refractivity contribution >= 4 is 17.7 Å². The minimum atomic E-state index is -0.731. The van der Waals surface area contributed by atoms with Crippen LogP contribution in [0.15, 0.2) is 0 Å². The van der Waals surface area contributed by atoms with Crippen LogP contribution in [0.5, 0.6) is 0 Å². The Hall–Kier alpha value is -0.220. The normalized spacial score (nSPS) is 24.1. The summed E-state index contributed by atoms with van der Waals surface area (Å²) < 4.78 is 0. The Morgan fingerprint density at radius 1 is 1.64 bits per heavy atom. The third-order valence-electron chi connectivity index (χ3n) is 2.58. The molecule has 1 fully saturated rings. The maximum Gasteiger partial charge on any atom is 0.320 e. The smallest absolute Gasteiger partial charge is 0.320 e. The van der Waals surface area contributed by atoms with E-state index in [1.807, 2.05) is 25.6 Å². The molecule has 0 aromatic carbocycles. The summed E-state index contributed by atoms with van der Waals surface area (Å²) in [5.41, 5.74) is 0. The van der Waals surface area contributed by atoms with Crippen LogP contribution < -0.4 is 5.32 Å². The average Bonchev–Trinajstić information content (AvgIpc) is 2.55. The third-order valence-corrected chi connectivity index (χ3v) is 3.81. The van der Waals surface area contributed by atoms with Gasteiger partial charge in [-0.1, -0.05) is 13.8 Å². The van der Waals surface area contributed by atoms with Gasteiger partial charge in [0.05, 0.1) is 0 Å². The van der Waals surface area contributed by atoms with Gasteiger partial charge >= 0.3 is 5.97 Å². The van der Waals surface area contributed by atoms with Gasteiger partial charge < -0.3 is 10.4 Å². The van der Waals surface area contributed by atoms with E-state index in [-0.39, 0.29) is 12.0 Å². The molecule has 2 unspecified atom stereocenters. The van der Waals surface area contributed by atoms with Gasteiger partial charge in [-0.2, -0.15) is 11.8 Å². The number of rotatable bonds is 5. The molecule has 1 saturated heterocycles. The highest BCUT2D eigenvalue weighted by Gasteiger charge is 2.23. The van der Waals surface area contributed by atoms with Crippen LogP contribution in [0, 0.1) is 11.8 Å². The summed E-state index contributed by atoms with van der Waals surface area (Å²) in [6, 6.07) is -0.388. The molecule has 2 N–H and O–H groups in total. The number of carboxylic acids is 1. The molecule has 0 saturated carbocycles. The van der Waals surface area contributed by atoms with Crippen LogP contribution >= 0.6 is 11.8 Å². The summed E-state index contributed by atoms with van der Waals surface area (Å²) in [5.74, 6) is 2.50. The first kappa shape index (κ1) is 11.9. The number of hydrogen-bond acceptors (Lipinski definition) is 3. The Morgan fingerprint density at radius 2 is 2.36 bits per heavy atom. The Bertz CT molecular complexity index is 191. The molecule has 3 nitrogen and oxygen atoms in total. The number of nitrogens with one attached hydrogen (secondary N) is 1. The lowest BCUT2D eigenvalue weighted by Gasteiger charge is -2.19. The molecule has 1 aliphatic rings. The van der Waals surface area contributed by atoms with Crippen LogP contribution in [0.4, 0.5) is 0 Å². The zero-order valence-electron chi connectivity index (χ0n) is 8.82. The second kappa shape index (κ2) is 5.61. The van der Waals surface area contributed by atoms with Gasteiger partial charge in [-0.15, -0.1) is 0 Å². The Kier molecular flexibility index (Phi) is 4.75. The maximum atomic E-state index is 10.9. The van der Waals surface area contributed by atoms with Gasteiger partial charge in [0.15, 0.2) is 0 Å². The van der Waals surface area contributed by atoms with E-state index in [4.69, 9.17) is 5.11 Å². The van der Waals surface area contributed by atoms with Crippen LogP contribution in [-0.4, -0.2) is 35.2 Å². The van der Waals surface area contributed by atoms with Crippen molar-refractivity contribution in [2.75, 3.05) is 18.1 Å². The fourth-order valence-electron chi connectivity index (χ4n) is 1.65. The van der Waals surface area contributed by atoms with Crippen LogP contribution in [0.3, 0.4) is 0 Å². The highest BCUT2D eigenvalue weighted by molar-refractivity contribution is 7.99. The zero-order chi connectivity index (χ0) is 10.6. The quantitative estimate of drug-likeness (QED) is 0.731. The fraction of sp³-hybridized carbons (Fsp3) is 0.900. The highest BCUT2D eigenvalue weighted by Crippen LogP contribution is 2.22. The molecule has 14 heavy (non-hydrogen) atoms. The first-order chi connectivity index (χ1) is 6.61. The van der Waals surface area contributed by atoms with Gasteiger partial charge in [-0.3, -0.25) is 4.79 Å². The SMILES string of the molecule is CC(C)C(NCC1CCSC1)C(=O)O. The monoisotopic (exact) mass is 217 g/mol. The zero-order valence-corrected chi connectivity index (χ0v) is 9.64. The van der Waals surface area contributed by atoms with Crippen LogP contribution in [0.25, 0.3) is 0 Å². The van der Waals surface area contributed by atoms with Crippen LogP contribution in [0.1, 0.15) is 20.3 Å². The second-order valence-corrected chi connectivity index (χ2v) is 5.35. The summed E-state index contributed by atoms with van der Waals surface area (Å²) >= 11 is 1.96. The lowest BCUT2D eigenvalue weighted by molar-refractivity contribution is -0.140. The number of carboxylic acid groups (broad SMARTS) is 1. The van der Waals surface area contributed by atoms with Crippen molar-refractivity contribution in [3.8, 4) is 0 Å². The minimum absolute atomic E-state index is 0.154. The standard InChI is InChI=1S/C10H19NO2S/c1-7(2)9(10(12)13)11-5-8-3-4-14-6-8/h7-9,11H,3-6H2,1-2H3,(H,12,13). The van der Waals surface area contributed by atoms with Gasteiger partial charge in [-0.05, 0) is 36.3 Å². The largest absolute Gasteiger partial charge is 0.480 e. The topological polar surface area (TPSA) is 49.3 Å². The summed E-state index contributed by atoms with van der Waals surface area (Å²) in [6.07, 6.45) is 1.22. The van der Waals surface area contributed by atoms with E-state index in [2.05, 4.69) is 5.32 Å². The molecule has 1 aliphatic heterocycles. The fourth-order valence-corrected chi connectivity index (χ4v) is 2.93. The molecule has 0 aliphatic carbocycles. The summed E-state index contributed by atoms with van der Waals surface area (Å²) in [6.45, 7) is 4.73. The Morgan fingerprint density at radius 3 is 2.79 bits per heavy atom. The third kappa shape index (κ3) is 3.50. The predicted molar refractivity (Wildman–Crippen MR) is 59.7 cm³/mol. The molecular formula is C10H19NO2S. The average molecular weight is 217 g/mol. The number of thioether (sulfide) groups is 1. The van der Waals surface area contributed by atoms with E-state index >= 15 is 0 Å². The summed E-state index contributed by atoms with van der Waals surface area (Å²) in [7, 11) is 0. The lowest BCUT2D eigenvalue weighted by Crippen LogP contribution is -2.43. The Labute approximate surface area is 89.6 Å². The maximum absolute atomic E-state index is 10.9. The van der Waals surface area contributed by atoms with Gasteiger partial charge in [0.1, 0.15) is 6.04 Å². The van der Waals surface area contributed by atoms with Crippen molar-refractivity contribution in [3.63, 3.8) is 0 Å². The van der Waals surface area contributed by atoms with Crippen molar-refractivity contribution in [1.82, 2.24) is 5.32 Å². The molecular weight excluding hydrogens is 198 g/mol. The van der Waals surface area contributed by atoms with Crippen molar-refractivity contribution < 1.29 is 9.90 Å². The minimum Gasteiger partial charge on any atom is -0.480 e. The molecule has 1 rings (SSSR count). The van der Waals surface area contributed by atoms with E-state index in [1.165, 1.54) is 17.9 Å². The van der Waals surface area contributed by atoms with Crippen LogP contribution in [-0.2, 0) is 4.79 Å². The van der Waals surface area contributed by atoms with E-state index in [0.717, 1.165) is 6.54 Å². The van der Waals surface area contributed by atoms with Crippen molar-refractivity contribution in [3.05, 3.63) is 0 Å². The molecule has 0 aromatic heterocycles. The van der Waals surface area contributed by atoms with E-state index in [0.29, 0.717) is 5.92 Å². The summed E-state index contributed by atoms with van der Waals surface area (Å²) in [4.78, 5) is 10.9. The summed E-state index contributed by atoms with van der Waals surface area (Å²) in [5, 5.41) is 12.1. The molecule has 82 valence electrons. The van der Waals surface area contributed by atoms with Gasteiger partial charge in [0, 0.05) is 0 Å². The van der Waals surface area contributed by atoms with Gasteiger partial charge in [0.2, 0.25) is 0 Å². The number of hydrogen-bond donors (Lipinski definition) is 2. The molecule has 2 atom stereocenters. The number of carbonyl (C=O) groups is 1. The Balaban J connectivity index is 2.28. The molecule has 0 radical (unpaired) electrons. The van der Waals surface area contributed by atoms with Gasteiger partial charge in [-0.25, -0.2) is 0 Å². The van der Waals surface area contributed by atoms with E-state index in [1.54, 1.807) is 0 Å². The van der Waals surface area contributed by atoms with E-state index in [9.17, 15) is 4.79 Å². The van der Waals surface area contributed by atoms with Gasteiger partial charge in [0.25, 0.3) is 0 Å². The molecule has 0 aromatic rings.